The van der Waals surface area contributed by atoms with E-state index in [-0.39, 0.29) is 23.9 Å². The monoisotopic (exact) mass is 503 g/mol. The molecular weight excluding hydrogens is 469 g/mol. The van der Waals surface area contributed by atoms with Gasteiger partial charge in [0, 0.05) is 22.0 Å². The number of likely N-dealkylation sites (tertiary alicyclic amines) is 1. The first kappa shape index (κ1) is 26.2. The van der Waals surface area contributed by atoms with Gasteiger partial charge >= 0.3 is 0 Å². The minimum absolute atomic E-state index is 0.0700. The van der Waals surface area contributed by atoms with Crippen LogP contribution in [0.25, 0.3) is 0 Å². The highest BCUT2D eigenvalue weighted by Gasteiger charge is 2.51. The molecule has 1 fully saturated rings. The quantitative estimate of drug-likeness (QED) is 0.239. The number of piperidine rings is 1. The lowest BCUT2D eigenvalue weighted by molar-refractivity contribution is -0.155. The van der Waals surface area contributed by atoms with Gasteiger partial charge in [-0.2, -0.15) is 11.8 Å². The molecule has 1 aliphatic rings. The van der Waals surface area contributed by atoms with Crippen molar-refractivity contribution in [3.05, 3.63) is 82.4 Å². The fraction of sp³-hybridized carbons (Fsp3) is 0.464. The molecule has 0 unspecified atom stereocenters. The van der Waals surface area contributed by atoms with E-state index in [1.54, 1.807) is 0 Å². The van der Waals surface area contributed by atoms with Gasteiger partial charge < -0.3 is 4.90 Å². The van der Waals surface area contributed by atoms with Crippen LogP contribution in [0.5, 0.6) is 0 Å². The number of carbonyl (C=O) groups excluding carboxylic acids is 1. The Labute approximate surface area is 213 Å². The first-order valence-corrected chi connectivity index (χ1v) is 13.8. The number of allylic oxidation sites excluding steroid dienone is 1. The zero-order chi connectivity index (χ0) is 24.0. The van der Waals surface area contributed by atoms with Crippen molar-refractivity contribution < 1.29 is 4.79 Å². The second-order valence-electron chi connectivity index (χ2n) is 9.04. The Morgan fingerprint density at radius 1 is 1.15 bits per heavy atom. The third-order valence-corrected chi connectivity index (χ3v) is 8.46. The highest BCUT2D eigenvalue weighted by molar-refractivity contribution is 7.99. The second-order valence-corrected chi connectivity index (χ2v) is 11.3. The highest BCUT2D eigenvalue weighted by atomic mass is 35.5. The Morgan fingerprint density at radius 2 is 1.88 bits per heavy atom. The Bertz CT molecular complexity index is 947. The molecule has 2 aromatic rings. The van der Waals surface area contributed by atoms with Gasteiger partial charge in [0.15, 0.2) is 0 Å². The molecule has 1 aliphatic heterocycles. The van der Waals surface area contributed by atoms with E-state index in [0.29, 0.717) is 11.4 Å². The van der Waals surface area contributed by atoms with Gasteiger partial charge in [-0.05, 0) is 79.5 Å². The molecule has 0 aliphatic carbocycles. The molecule has 2 nitrogen and oxygen atoms in total. The van der Waals surface area contributed by atoms with Crippen LogP contribution in [0.1, 0.15) is 69.5 Å². The molecule has 1 saturated heterocycles. The average molecular weight is 505 g/mol. The first-order chi connectivity index (χ1) is 15.9. The van der Waals surface area contributed by atoms with E-state index < -0.39 is 5.41 Å². The molecule has 4 atom stereocenters. The number of hydrogen-bond acceptors (Lipinski definition) is 2. The summed E-state index contributed by atoms with van der Waals surface area (Å²) in [7, 11) is 0. The Kier molecular flexibility index (Phi) is 9.38. The normalized spacial score (nSPS) is 24.0. The standard InChI is InChI=1S/C28H35Cl2NOS/c1-5-16-28(6-2)19-25(22-9-8-10-24(30)18-22)26(21-11-13-23(29)14-12-21)31(27(28)32)20(4)15-17-33-7-3/h5,8-14,18,20,25-26H,1,6-7,15-17,19H2,2-4H3/t20-,25+,26+,28-/m0/s1. The second kappa shape index (κ2) is 11.8. The summed E-state index contributed by atoms with van der Waals surface area (Å²) in [6.07, 6.45) is 5.11. The molecule has 0 saturated carbocycles. The molecule has 1 amide bonds. The van der Waals surface area contributed by atoms with Crippen LogP contribution in [0.2, 0.25) is 10.0 Å². The fourth-order valence-electron chi connectivity index (χ4n) is 5.20. The van der Waals surface area contributed by atoms with Crippen molar-refractivity contribution in [1.29, 1.82) is 0 Å². The third-order valence-electron chi connectivity index (χ3n) is 7.04. The molecule has 5 heteroatoms. The number of hydrogen-bond donors (Lipinski definition) is 0. The van der Waals surface area contributed by atoms with Crippen LogP contribution in [0.15, 0.2) is 61.2 Å². The largest absolute Gasteiger partial charge is 0.332 e. The summed E-state index contributed by atoms with van der Waals surface area (Å²) in [6, 6.07) is 16.2. The topological polar surface area (TPSA) is 20.3 Å². The molecule has 0 bridgehead atoms. The highest BCUT2D eigenvalue weighted by Crippen LogP contribution is 2.53. The smallest absolute Gasteiger partial charge is 0.229 e. The van der Waals surface area contributed by atoms with Gasteiger partial charge in [0.25, 0.3) is 0 Å². The van der Waals surface area contributed by atoms with Crippen molar-refractivity contribution in [2.45, 2.75) is 64.5 Å². The molecule has 2 aromatic carbocycles. The van der Waals surface area contributed by atoms with Crippen molar-refractivity contribution in [2.24, 2.45) is 5.41 Å². The Hall–Kier alpha value is -1.42. The summed E-state index contributed by atoms with van der Waals surface area (Å²) in [5.41, 5.74) is 1.84. The van der Waals surface area contributed by atoms with E-state index in [4.69, 9.17) is 23.2 Å². The maximum Gasteiger partial charge on any atom is 0.229 e. The number of rotatable bonds is 10. The third kappa shape index (κ3) is 5.81. The van der Waals surface area contributed by atoms with Gasteiger partial charge in [0.05, 0.1) is 11.5 Å². The van der Waals surface area contributed by atoms with E-state index in [1.807, 2.05) is 42.1 Å². The maximum absolute atomic E-state index is 14.3. The van der Waals surface area contributed by atoms with Crippen LogP contribution < -0.4 is 0 Å². The lowest BCUT2D eigenvalue weighted by atomic mass is 9.65. The number of amides is 1. The average Bonchev–Trinajstić information content (AvgIpc) is 2.81. The van der Waals surface area contributed by atoms with Gasteiger partial charge in [-0.15, -0.1) is 6.58 Å². The molecule has 1 heterocycles. The van der Waals surface area contributed by atoms with E-state index in [2.05, 4.69) is 56.5 Å². The summed E-state index contributed by atoms with van der Waals surface area (Å²) in [6.45, 7) is 10.5. The summed E-state index contributed by atoms with van der Waals surface area (Å²) in [4.78, 5) is 16.4. The Balaban J connectivity index is 2.17. The molecule has 0 aromatic heterocycles. The molecule has 3 rings (SSSR count). The number of thioether (sulfide) groups is 1. The van der Waals surface area contributed by atoms with Gasteiger partial charge in [-0.25, -0.2) is 0 Å². The van der Waals surface area contributed by atoms with Crippen LogP contribution in [-0.2, 0) is 4.79 Å². The zero-order valence-corrected chi connectivity index (χ0v) is 22.2. The van der Waals surface area contributed by atoms with Crippen molar-refractivity contribution in [1.82, 2.24) is 4.90 Å². The predicted molar refractivity (Wildman–Crippen MR) is 144 cm³/mol. The fourth-order valence-corrected chi connectivity index (χ4v) is 6.32. The van der Waals surface area contributed by atoms with Crippen molar-refractivity contribution in [3.63, 3.8) is 0 Å². The minimum atomic E-state index is -0.455. The van der Waals surface area contributed by atoms with Crippen molar-refractivity contribution >= 4 is 40.9 Å². The van der Waals surface area contributed by atoms with Crippen molar-refractivity contribution in [2.75, 3.05) is 11.5 Å². The molecule has 33 heavy (non-hydrogen) atoms. The van der Waals surface area contributed by atoms with E-state index in [9.17, 15) is 4.79 Å². The summed E-state index contributed by atoms with van der Waals surface area (Å²) < 4.78 is 0. The van der Waals surface area contributed by atoms with Crippen LogP contribution in [-0.4, -0.2) is 28.4 Å². The number of carbonyl (C=O) groups is 1. The van der Waals surface area contributed by atoms with Crippen LogP contribution in [0.3, 0.4) is 0 Å². The van der Waals surface area contributed by atoms with Gasteiger partial charge in [0.2, 0.25) is 5.91 Å². The lowest BCUT2D eigenvalue weighted by Crippen LogP contribution is -2.55. The van der Waals surface area contributed by atoms with E-state index >= 15 is 0 Å². The van der Waals surface area contributed by atoms with Crippen LogP contribution in [0.4, 0.5) is 0 Å². The first-order valence-electron chi connectivity index (χ1n) is 11.9. The van der Waals surface area contributed by atoms with Crippen molar-refractivity contribution in [3.8, 4) is 0 Å². The summed E-state index contributed by atoms with van der Waals surface area (Å²) in [5.74, 6) is 2.50. The van der Waals surface area contributed by atoms with Crippen LogP contribution >= 0.6 is 35.0 Å². The SMILES string of the molecule is C=CC[C@@]1(CC)C[C@H](c2cccc(Cl)c2)[C@@H](c2ccc(Cl)cc2)N([C@@H](C)CCSCC)C1=O. The minimum Gasteiger partial charge on any atom is -0.332 e. The van der Waals surface area contributed by atoms with Gasteiger partial charge in [-0.1, -0.05) is 67.4 Å². The van der Waals surface area contributed by atoms with Gasteiger partial charge in [-0.3, -0.25) is 4.79 Å². The zero-order valence-electron chi connectivity index (χ0n) is 19.9. The lowest BCUT2D eigenvalue weighted by Gasteiger charge is -2.52. The van der Waals surface area contributed by atoms with Crippen LogP contribution in [0, 0.1) is 5.41 Å². The molecule has 0 N–H and O–H groups in total. The predicted octanol–water partition coefficient (Wildman–Crippen LogP) is 8.55. The summed E-state index contributed by atoms with van der Waals surface area (Å²) >= 11 is 14.6. The Morgan fingerprint density at radius 3 is 2.48 bits per heavy atom. The molecule has 178 valence electrons. The van der Waals surface area contributed by atoms with E-state index in [1.165, 1.54) is 5.56 Å². The summed E-state index contributed by atoms with van der Waals surface area (Å²) in [5, 5.41) is 1.43. The molecule has 0 radical (unpaired) electrons. The van der Waals surface area contributed by atoms with E-state index in [0.717, 1.165) is 41.4 Å². The number of benzene rings is 2. The number of nitrogens with zero attached hydrogens (tertiary/aromatic N) is 1. The molecule has 0 spiro atoms. The molecular formula is C28H35Cl2NOS. The maximum atomic E-state index is 14.3. The number of halogens is 2. The van der Waals surface area contributed by atoms with Gasteiger partial charge in [0.1, 0.15) is 0 Å².